The molecule has 1 N–H and O–H groups in total. The number of pyridine rings is 1. The average Bonchev–Trinajstić information content (AvgIpc) is 2.63. The van der Waals surface area contributed by atoms with Gasteiger partial charge in [-0.25, -0.2) is 17.2 Å². The number of nitrogens with one attached hydrogen (secondary N) is 1. The number of rotatable bonds is 8. The zero-order chi connectivity index (χ0) is 21.8. The maximum absolute atomic E-state index is 14.4. The van der Waals surface area contributed by atoms with Crippen molar-refractivity contribution in [1.82, 2.24) is 10.3 Å². The lowest BCUT2D eigenvalue weighted by Gasteiger charge is -2.22. The van der Waals surface area contributed by atoms with E-state index in [1.165, 1.54) is 0 Å². The van der Waals surface area contributed by atoms with Crippen LogP contribution in [-0.4, -0.2) is 44.3 Å². The van der Waals surface area contributed by atoms with Gasteiger partial charge in [-0.15, -0.1) is 0 Å². The smallest absolute Gasteiger partial charge is 0.315 e. The van der Waals surface area contributed by atoms with Crippen LogP contribution < -0.4 is 9.62 Å². The number of aromatic nitrogens is 1. The normalized spacial score (nSPS) is 11.4. The number of alkyl halides is 2. The van der Waals surface area contributed by atoms with Gasteiger partial charge in [0.1, 0.15) is 11.6 Å². The van der Waals surface area contributed by atoms with E-state index in [4.69, 9.17) is 0 Å². The summed E-state index contributed by atoms with van der Waals surface area (Å²) in [6.07, 6.45) is -0.482. The topological polar surface area (TPSA) is 96.4 Å². The zero-order valence-electron chi connectivity index (χ0n) is 14.9. The molecule has 0 saturated heterocycles. The second-order valence-electron chi connectivity index (χ2n) is 5.88. The molecule has 156 valence electrons. The molecule has 2 rings (SSSR count). The average molecular weight is 433 g/mol. The summed E-state index contributed by atoms with van der Waals surface area (Å²) in [5, 5.41) is 1.70. The first-order valence-corrected chi connectivity index (χ1v) is 9.79. The van der Waals surface area contributed by atoms with Crippen LogP contribution in [0.2, 0.25) is 0 Å². The number of ketones is 1. The molecule has 0 aliphatic heterocycles. The van der Waals surface area contributed by atoms with Crippen LogP contribution in [0.4, 0.5) is 23.2 Å². The molecule has 0 spiro atoms. The lowest BCUT2D eigenvalue weighted by molar-refractivity contribution is -0.131. The molecule has 0 aliphatic rings. The first-order chi connectivity index (χ1) is 13.5. The molecule has 0 aliphatic carbocycles. The highest BCUT2D eigenvalue weighted by Gasteiger charge is 2.22. The van der Waals surface area contributed by atoms with E-state index in [-0.39, 0.29) is 16.8 Å². The lowest BCUT2D eigenvalue weighted by Crippen LogP contribution is -2.34. The molecule has 1 aromatic heterocycles. The summed E-state index contributed by atoms with van der Waals surface area (Å²) in [7, 11) is -3.93. The van der Waals surface area contributed by atoms with Crippen molar-refractivity contribution in [2.45, 2.75) is 13.0 Å². The molecule has 1 aromatic carbocycles. The van der Waals surface area contributed by atoms with Gasteiger partial charge in [0.15, 0.2) is 5.78 Å². The van der Waals surface area contributed by atoms with Crippen LogP contribution in [0, 0.1) is 11.6 Å². The number of sulfonamides is 1. The van der Waals surface area contributed by atoms with Gasteiger partial charge in [-0.3, -0.25) is 18.9 Å². The number of amides is 1. The van der Waals surface area contributed by atoms with E-state index in [1.54, 1.807) is 5.32 Å². The highest BCUT2D eigenvalue weighted by atomic mass is 32.2. The third kappa shape index (κ3) is 5.98. The molecular formula is C17H15F4N3O4S. The Hall–Kier alpha value is -3.02. The Morgan fingerprint density at radius 3 is 2.41 bits per heavy atom. The van der Waals surface area contributed by atoms with E-state index < -0.39 is 52.9 Å². The molecule has 0 saturated carbocycles. The van der Waals surface area contributed by atoms with Gasteiger partial charge in [-0.2, -0.15) is 8.78 Å². The first-order valence-electron chi connectivity index (χ1n) is 7.95. The van der Waals surface area contributed by atoms with Gasteiger partial charge in [0.25, 0.3) is 5.91 Å². The Balaban J connectivity index is 2.22. The van der Waals surface area contributed by atoms with Gasteiger partial charge in [-0.1, -0.05) is 12.1 Å². The first kappa shape index (κ1) is 22.3. The molecule has 1 heterocycles. The van der Waals surface area contributed by atoms with E-state index in [2.05, 4.69) is 4.98 Å². The van der Waals surface area contributed by atoms with Crippen LogP contribution in [0.15, 0.2) is 36.7 Å². The highest BCUT2D eigenvalue weighted by molar-refractivity contribution is 7.92. The Morgan fingerprint density at radius 2 is 1.86 bits per heavy atom. The van der Waals surface area contributed by atoms with Gasteiger partial charge < -0.3 is 5.32 Å². The largest absolute Gasteiger partial charge is 0.344 e. The number of nitrogens with zero attached hydrogens (tertiary/aromatic N) is 2. The molecule has 7 nitrogen and oxygen atoms in total. The fraction of sp³-hybridized carbons (Fsp3) is 0.235. The number of Topliss-reactive ketones (excluding diaryl/α,β-unsaturated/α-hetero) is 1. The summed E-state index contributed by atoms with van der Waals surface area (Å²) in [5.41, 5.74) is -0.464. The van der Waals surface area contributed by atoms with Crippen LogP contribution in [0.25, 0.3) is 0 Å². The van der Waals surface area contributed by atoms with E-state index in [0.717, 1.165) is 47.2 Å². The standard InChI is InChI=1S/C17H15F4N3O4S/c1-29(27,28)24(13-5-12(18)6-22-7-13)9-11-3-2-10(4-14(11)19)15(25)8-23-17(26)16(20)21/h2-7,16H,8-9H2,1H3,(H,23,26). The molecule has 0 unspecified atom stereocenters. The summed E-state index contributed by atoms with van der Waals surface area (Å²) in [6.45, 7) is -1.27. The number of hydrogen-bond acceptors (Lipinski definition) is 5. The lowest BCUT2D eigenvalue weighted by atomic mass is 10.1. The molecule has 29 heavy (non-hydrogen) atoms. The Bertz CT molecular complexity index is 1030. The molecule has 0 fully saturated rings. The summed E-state index contributed by atoms with van der Waals surface area (Å²) in [4.78, 5) is 26.2. The van der Waals surface area contributed by atoms with Crippen molar-refractivity contribution in [2.24, 2.45) is 0 Å². The van der Waals surface area contributed by atoms with Crippen LogP contribution >= 0.6 is 0 Å². The summed E-state index contributed by atoms with van der Waals surface area (Å²) >= 11 is 0. The van der Waals surface area contributed by atoms with Crippen LogP contribution in [0.3, 0.4) is 0 Å². The van der Waals surface area contributed by atoms with E-state index in [9.17, 15) is 35.6 Å². The predicted molar refractivity (Wildman–Crippen MR) is 95.0 cm³/mol. The van der Waals surface area contributed by atoms with Gasteiger partial charge in [0.2, 0.25) is 10.0 Å². The number of carbonyl (C=O) groups excluding carboxylic acids is 2. The van der Waals surface area contributed by atoms with Crippen molar-refractivity contribution in [3.8, 4) is 0 Å². The van der Waals surface area contributed by atoms with Crippen molar-refractivity contribution in [1.29, 1.82) is 0 Å². The van der Waals surface area contributed by atoms with Gasteiger partial charge in [0.05, 0.1) is 37.4 Å². The second kappa shape index (κ2) is 8.99. The van der Waals surface area contributed by atoms with E-state index >= 15 is 0 Å². The SMILES string of the molecule is CS(=O)(=O)N(Cc1ccc(C(=O)CNC(=O)C(F)F)cc1F)c1cncc(F)c1. The predicted octanol–water partition coefficient (Wildman–Crippen LogP) is 1.89. The molecule has 0 bridgehead atoms. The number of hydrogen-bond donors (Lipinski definition) is 1. The van der Waals surface area contributed by atoms with Crippen LogP contribution in [-0.2, 0) is 21.4 Å². The molecular weight excluding hydrogens is 418 g/mol. The van der Waals surface area contributed by atoms with Crippen LogP contribution in [0.5, 0.6) is 0 Å². The van der Waals surface area contributed by atoms with Gasteiger partial charge in [0, 0.05) is 17.2 Å². The number of benzene rings is 1. The Morgan fingerprint density at radius 1 is 1.17 bits per heavy atom. The minimum absolute atomic E-state index is 0.123. The number of anilines is 1. The number of carbonyl (C=O) groups is 2. The molecule has 2 aromatic rings. The monoisotopic (exact) mass is 433 g/mol. The second-order valence-corrected chi connectivity index (χ2v) is 7.79. The highest BCUT2D eigenvalue weighted by Crippen LogP contribution is 2.22. The van der Waals surface area contributed by atoms with Crippen molar-refractivity contribution in [3.63, 3.8) is 0 Å². The maximum atomic E-state index is 14.4. The van der Waals surface area contributed by atoms with Gasteiger partial charge in [-0.05, 0) is 6.07 Å². The molecule has 0 atom stereocenters. The van der Waals surface area contributed by atoms with Gasteiger partial charge >= 0.3 is 6.43 Å². The third-order valence-electron chi connectivity index (χ3n) is 3.69. The quantitative estimate of drug-likeness (QED) is 0.507. The fourth-order valence-corrected chi connectivity index (χ4v) is 3.14. The van der Waals surface area contributed by atoms with Crippen molar-refractivity contribution in [2.75, 3.05) is 17.1 Å². The third-order valence-corrected chi connectivity index (χ3v) is 4.83. The van der Waals surface area contributed by atoms with E-state index in [0.29, 0.717) is 0 Å². The fourth-order valence-electron chi connectivity index (χ4n) is 2.29. The maximum Gasteiger partial charge on any atom is 0.315 e. The summed E-state index contributed by atoms with van der Waals surface area (Å²) < 4.78 is 76.8. The van der Waals surface area contributed by atoms with Crippen molar-refractivity contribution >= 4 is 27.4 Å². The summed E-state index contributed by atoms with van der Waals surface area (Å²) in [6, 6.07) is 3.98. The van der Waals surface area contributed by atoms with Crippen molar-refractivity contribution < 1.29 is 35.6 Å². The minimum Gasteiger partial charge on any atom is -0.344 e. The van der Waals surface area contributed by atoms with E-state index in [1.807, 2.05) is 0 Å². The molecule has 0 radical (unpaired) electrons. The Kier molecular flexibility index (Phi) is 6.90. The molecule has 12 heteroatoms. The minimum atomic E-state index is -3.93. The molecule has 1 amide bonds. The van der Waals surface area contributed by atoms with Crippen molar-refractivity contribution in [3.05, 3.63) is 59.4 Å². The number of halogens is 4. The van der Waals surface area contributed by atoms with Crippen LogP contribution in [0.1, 0.15) is 15.9 Å². The summed E-state index contributed by atoms with van der Waals surface area (Å²) in [5.74, 6) is -4.20. The Labute approximate surface area is 163 Å². The zero-order valence-corrected chi connectivity index (χ0v) is 15.7.